The van der Waals surface area contributed by atoms with Crippen molar-refractivity contribution in [3.8, 4) is 11.5 Å². The van der Waals surface area contributed by atoms with Crippen LogP contribution in [-0.2, 0) is 6.42 Å². The van der Waals surface area contributed by atoms with E-state index in [0.29, 0.717) is 39.8 Å². The quantitative estimate of drug-likeness (QED) is 0.413. The lowest BCUT2D eigenvalue weighted by molar-refractivity contribution is 0.352. The average molecular weight is 428 g/mol. The average Bonchev–Trinajstić information content (AvgIpc) is 3.12. The van der Waals surface area contributed by atoms with Gasteiger partial charge in [-0.25, -0.2) is 4.39 Å². The number of fused-ring (bicyclic) bond motifs is 1. The van der Waals surface area contributed by atoms with Crippen LogP contribution in [0, 0.1) is 5.82 Å². The van der Waals surface area contributed by atoms with Gasteiger partial charge in [0.1, 0.15) is 17.3 Å². The standard InChI is InChI=1S/C21H19ClFN5O2/c1-29-17-5-3-4-11(18(17)30-2)8-13-10-14-19(25-13)27-21(24)28-20(14)26-16-7-6-12(22)9-15(16)23/h3-7,9-10H,8H2,1-2H3,(H4,24,25,26,27,28). The molecule has 2 aromatic heterocycles. The van der Waals surface area contributed by atoms with E-state index in [9.17, 15) is 4.39 Å². The second-order valence-electron chi connectivity index (χ2n) is 6.57. The smallest absolute Gasteiger partial charge is 0.224 e. The summed E-state index contributed by atoms with van der Waals surface area (Å²) in [4.78, 5) is 11.7. The number of nitrogens with zero attached hydrogens (tertiary/aromatic N) is 2. The first-order valence-corrected chi connectivity index (χ1v) is 9.43. The van der Waals surface area contributed by atoms with Crippen LogP contribution in [0.4, 0.5) is 21.8 Å². The Morgan fingerprint density at radius 1 is 1.13 bits per heavy atom. The Kier molecular flexibility index (Phi) is 5.33. The maximum Gasteiger partial charge on any atom is 0.224 e. The number of hydrogen-bond donors (Lipinski definition) is 3. The van der Waals surface area contributed by atoms with Gasteiger partial charge in [-0.2, -0.15) is 9.97 Å². The van der Waals surface area contributed by atoms with Crippen molar-refractivity contribution in [2.45, 2.75) is 6.42 Å². The van der Waals surface area contributed by atoms with E-state index in [1.54, 1.807) is 20.3 Å². The van der Waals surface area contributed by atoms with Gasteiger partial charge in [-0.1, -0.05) is 23.7 Å². The summed E-state index contributed by atoms with van der Waals surface area (Å²) in [6.45, 7) is 0. The minimum Gasteiger partial charge on any atom is -0.493 e. The summed E-state index contributed by atoms with van der Waals surface area (Å²) in [7, 11) is 3.19. The van der Waals surface area contributed by atoms with Crippen molar-refractivity contribution in [2.75, 3.05) is 25.3 Å². The van der Waals surface area contributed by atoms with Crippen molar-refractivity contribution in [1.29, 1.82) is 0 Å². The van der Waals surface area contributed by atoms with Crippen LogP contribution in [0.5, 0.6) is 11.5 Å². The molecular weight excluding hydrogens is 409 g/mol. The molecular formula is C21H19ClFN5O2. The van der Waals surface area contributed by atoms with Crippen molar-refractivity contribution in [3.63, 3.8) is 0 Å². The number of anilines is 3. The van der Waals surface area contributed by atoms with Crippen LogP contribution >= 0.6 is 11.6 Å². The molecule has 0 aliphatic heterocycles. The SMILES string of the molecule is COc1cccc(Cc2cc3c(Nc4ccc(Cl)cc4F)nc(N)nc3[nH]2)c1OC. The molecule has 4 aromatic rings. The van der Waals surface area contributed by atoms with Gasteiger partial charge in [0, 0.05) is 22.7 Å². The van der Waals surface area contributed by atoms with E-state index in [0.717, 1.165) is 11.3 Å². The topological polar surface area (TPSA) is 98.1 Å². The predicted octanol–water partition coefficient (Wildman–Crippen LogP) is 4.68. The normalized spacial score (nSPS) is 10.9. The van der Waals surface area contributed by atoms with Crippen molar-refractivity contribution in [2.24, 2.45) is 0 Å². The number of ether oxygens (including phenoxy) is 2. The van der Waals surface area contributed by atoms with Crippen LogP contribution < -0.4 is 20.5 Å². The lowest BCUT2D eigenvalue weighted by Gasteiger charge is -2.11. The van der Waals surface area contributed by atoms with E-state index in [-0.39, 0.29) is 11.6 Å². The zero-order valence-electron chi connectivity index (χ0n) is 16.3. The molecule has 7 nitrogen and oxygen atoms in total. The number of aromatic amines is 1. The zero-order valence-corrected chi connectivity index (χ0v) is 17.0. The first kappa shape index (κ1) is 19.8. The molecule has 0 aliphatic carbocycles. The fraction of sp³-hybridized carbons (Fsp3) is 0.143. The number of H-pyrrole nitrogens is 1. The lowest BCUT2D eigenvalue weighted by Crippen LogP contribution is -2.01. The Morgan fingerprint density at radius 2 is 1.97 bits per heavy atom. The van der Waals surface area contributed by atoms with Crippen LogP contribution in [0.2, 0.25) is 5.02 Å². The Bertz CT molecular complexity index is 1230. The third kappa shape index (κ3) is 3.81. The van der Waals surface area contributed by atoms with Crippen molar-refractivity contribution < 1.29 is 13.9 Å². The second kappa shape index (κ2) is 8.08. The maximum absolute atomic E-state index is 14.2. The molecule has 30 heavy (non-hydrogen) atoms. The summed E-state index contributed by atoms with van der Waals surface area (Å²) in [5.41, 5.74) is 8.41. The van der Waals surface area contributed by atoms with Crippen molar-refractivity contribution in [3.05, 3.63) is 64.6 Å². The Hall–Kier alpha value is -3.52. The van der Waals surface area contributed by atoms with Gasteiger partial charge in [0.2, 0.25) is 5.95 Å². The van der Waals surface area contributed by atoms with Gasteiger partial charge in [0.25, 0.3) is 0 Å². The van der Waals surface area contributed by atoms with Gasteiger partial charge in [-0.05, 0) is 30.3 Å². The van der Waals surface area contributed by atoms with Crippen LogP contribution in [0.3, 0.4) is 0 Å². The van der Waals surface area contributed by atoms with Gasteiger partial charge >= 0.3 is 0 Å². The van der Waals surface area contributed by atoms with Gasteiger partial charge in [-0.3, -0.25) is 0 Å². The molecule has 0 fully saturated rings. The van der Waals surface area contributed by atoms with Crippen LogP contribution in [0.1, 0.15) is 11.3 Å². The summed E-state index contributed by atoms with van der Waals surface area (Å²) >= 11 is 5.83. The van der Waals surface area contributed by atoms with Gasteiger partial charge in [0.15, 0.2) is 11.5 Å². The first-order valence-electron chi connectivity index (χ1n) is 9.05. The number of hydrogen-bond acceptors (Lipinski definition) is 6. The first-order chi connectivity index (χ1) is 14.5. The lowest BCUT2D eigenvalue weighted by atomic mass is 10.1. The molecule has 0 atom stereocenters. The molecule has 4 rings (SSSR count). The number of aromatic nitrogens is 3. The fourth-order valence-corrected chi connectivity index (χ4v) is 3.45. The summed E-state index contributed by atoms with van der Waals surface area (Å²) in [5.74, 6) is 1.26. The van der Waals surface area contributed by atoms with E-state index in [1.165, 1.54) is 12.1 Å². The summed E-state index contributed by atoms with van der Waals surface area (Å²) in [6, 6.07) is 11.9. The van der Waals surface area contributed by atoms with E-state index in [2.05, 4.69) is 20.3 Å². The van der Waals surface area contributed by atoms with Gasteiger partial charge in [-0.15, -0.1) is 0 Å². The number of benzene rings is 2. The maximum atomic E-state index is 14.2. The number of nitrogens with one attached hydrogen (secondary N) is 2. The van der Waals surface area contributed by atoms with Gasteiger partial charge in [0.05, 0.1) is 25.3 Å². The molecule has 9 heteroatoms. The Morgan fingerprint density at radius 3 is 2.70 bits per heavy atom. The molecule has 2 heterocycles. The van der Waals surface area contributed by atoms with Crippen molar-refractivity contribution >= 4 is 40.1 Å². The number of para-hydroxylation sites is 1. The molecule has 0 spiro atoms. The largest absolute Gasteiger partial charge is 0.493 e. The fourth-order valence-electron chi connectivity index (χ4n) is 3.29. The number of rotatable bonds is 6. The minimum absolute atomic E-state index is 0.0618. The monoisotopic (exact) mass is 427 g/mol. The molecule has 0 saturated carbocycles. The van der Waals surface area contributed by atoms with Crippen molar-refractivity contribution in [1.82, 2.24) is 15.0 Å². The highest BCUT2D eigenvalue weighted by atomic mass is 35.5. The molecule has 154 valence electrons. The highest BCUT2D eigenvalue weighted by Crippen LogP contribution is 2.33. The number of nitrogen functional groups attached to an aromatic ring is 1. The molecule has 4 N–H and O–H groups in total. The van der Waals surface area contributed by atoms with Gasteiger partial charge < -0.3 is 25.5 Å². The second-order valence-corrected chi connectivity index (χ2v) is 7.00. The predicted molar refractivity (Wildman–Crippen MR) is 115 cm³/mol. The molecule has 0 bridgehead atoms. The zero-order chi connectivity index (χ0) is 21.3. The molecule has 0 saturated heterocycles. The Labute approximate surface area is 177 Å². The molecule has 2 aromatic carbocycles. The third-order valence-corrected chi connectivity index (χ3v) is 4.85. The van der Waals surface area contributed by atoms with Crippen LogP contribution in [-0.4, -0.2) is 29.2 Å². The number of methoxy groups -OCH3 is 2. The molecule has 0 aliphatic rings. The summed E-state index contributed by atoms with van der Waals surface area (Å²) in [5, 5.41) is 3.96. The number of halogens is 2. The molecule has 0 unspecified atom stereocenters. The molecule has 0 radical (unpaired) electrons. The summed E-state index contributed by atoms with van der Waals surface area (Å²) < 4.78 is 25.1. The minimum atomic E-state index is -0.496. The highest BCUT2D eigenvalue weighted by Gasteiger charge is 2.15. The van der Waals surface area contributed by atoms with E-state index in [1.807, 2.05) is 24.3 Å². The molecule has 0 amide bonds. The summed E-state index contributed by atoms with van der Waals surface area (Å²) in [6.07, 6.45) is 0.533. The number of nitrogens with two attached hydrogens (primary N) is 1. The highest BCUT2D eigenvalue weighted by molar-refractivity contribution is 6.30. The van der Waals surface area contributed by atoms with Crippen LogP contribution in [0.15, 0.2) is 42.5 Å². The van der Waals surface area contributed by atoms with E-state index >= 15 is 0 Å². The van der Waals surface area contributed by atoms with E-state index < -0.39 is 5.82 Å². The van der Waals surface area contributed by atoms with Crippen LogP contribution in [0.25, 0.3) is 11.0 Å². The van der Waals surface area contributed by atoms with E-state index in [4.69, 9.17) is 26.8 Å². The Balaban J connectivity index is 1.72. The third-order valence-electron chi connectivity index (χ3n) is 4.61.